The summed E-state index contributed by atoms with van der Waals surface area (Å²) in [5.74, 6) is 0.399. The van der Waals surface area contributed by atoms with Gasteiger partial charge in [0.25, 0.3) is 0 Å². The lowest BCUT2D eigenvalue weighted by Crippen LogP contribution is -2.36. The van der Waals surface area contributed by atoms with Gasteiger partial charge in [-0.15, -0.1) is 12.4 Å². The molecule has 4 unspecified atom stereocenters. The first kappa shape index (κ1) is 17.2. The van der Waals surface area contributed by atoms with Crippen LogP contribution in [0.4, 0.5) is 4.39 Å². The maximum absolute atomic E-state index is 13.5. The number of carbonyl (C=O) groups is 1. The topological polar surface area (TPSA) is 46.3 Å². The van der Waals surface area contributed by atoms with Crippen molar-refractivity contribution in [1.29, 1.82) is 0 Å². The molecule has 5 heteroatoms. The lowest BCUT2D eigenvalue weighted by Gasteiger charge is -2.29. The van der Waals surface area contributed by atoms with Crippen LogP contribution in [0, 0.1) is 17.7 Å². The molecule has 122 valence electrons. The zero-order valence-electron chi connectivity index (χ0n) is 12.9. The SMILES string of the molecule is CC1CCN(C(=O)C2CCC(N)C2)C1c1cccc(F)c1.Cl. The van der Waals surface area contributed by atoms with Crippen LogP contribution in [0.3, 0.4) is 0 Å². The van der Waals surface area contributed by atoms with Crippen molar-refractivity contribution in [2.45, 2.75) is 44.7 Å². The molecule has 1 saturated carbocycles. The molecule has 1 aliphatic heterocycles. The second kappa shape index (κ2) is 6.97. The average molecular weight is 327 g/mol. The highest BCUT2D eigenvalue weighted by Crippen LogP contribution is 2.39. The summed E-state index contributed by atoms with van der Waals surface area (Å²) in [6.45, 7) is 2.91. The van der Waals surface area contributed by atoms with Crippen LogP contribution >= 0.6 is 12.4 Å². The molecule has 3 rings (SSSR count). The summed E-state index contributed by atoms with van der Waals surface area (Å²) in [5.41, 5.74) is 6.85. The van der Waals surface area contributed by atoms with Crippen molar-refractivity contribution in [1.82, 2.24) is 4.90 Å². The van der Waals surface area contributed by atoms with Gasteiger partial charge in [0.1, 0.15) is 5.82 Å². The average Bonchev–Trinajstić information content (AvgIpc) is 3.04. The fourth-order valence-electron chi connectivity index (χ4n) is 3.87. The molecule has 1 amide bonds. The maximum atomic E-state index is 13.5. The van der Waals surface area contributed by atoms with Crippen molar-refractivity contribution in [3.8, 4) is 0 Å². The molecule has 2 aliphatic rings. The second-order valence-corrected chi connectivity index (χ2v) is 6.57. The predicted octanol–water partition coefficient (Wildman–Crippen LogP) is 3.28. The van der Waals surface area contributed by atoms with Gasteiger partial charge in [0.15, 0.2) is 0 Å². The van der Waals surface area contributed by atoms with E-state index in [1.807, 2.05) is 11.0 Å². The zero-order chi connectivity index (χ0) is 15.0. The molecular formula is C17H24ClFN2O. The third-order valence-corrected chi connectivity index (χ3v) is 5.00. The summed E-state index contributed by atoms with van der Waals surface area (Å²) in [6.07, 6.45) is 3.59. The van der Waals surface area contributed by atoms with Gasteiger partial charge >= 0.3 is 0 Å². The smallest absolute Gasteiger partial charge is 0.226 e. The molecule has 1 aliphatic carbocycles. The van der Waals surface area contributed by atoms with E-state index < -0.39 is 0 Å². The Morgan fingerprint density at radius 2 is 2.09 bits per heavy atom. The Balaban J connectivity index is 0.00000176. The van der Waals surface area contributed by atoms with E-state index in [0.29, 0.717) is 5.92 Å². The van der Waals surface area contributed by atoms with Crippen molar-refractivity contribution >= 4 is 18.3 Å². The Morgan fingerprint density at radius 1 is 1.32 bits per heavy atom. The molecule has 1 aromatic carbocycles. The van der Waals surface area contributed by atoms with Gasteiger partial charge in [-0.05, 0) is 49.3 Å². The first-order valence-corrected chi connectivity index (χ1v) is 7.88. The van der Waals surface area contributed by atoms with E-state index in [1.54, 1.807) is 12.1 Å². The highest BCUT2D eigenvalue weighted by Gasteiger charge is 2.39. The first-order chi connectivity index (χ1) is 10.1. The number of nitrogens with two attached hydrogens (primary N) is 1. The van der Waals surface area contributed by atoms with Crippen molar-refractivity contribution in [3.63, 3.8) is 0 Å². The molecule has 3 nitrogen and oxygen atoms in total. The number of rotatable bonds is 2. The standard InChI is InChI=1S/C17H23FN2O.ClH/c1-11-7-8-20(17(21)13-5-6-15(19)10-13)16(11)12-3-2-4-14(18)9-12;/h2-4,9,11,13,15-16H,5-8,10,19H2,1H3;1H. The van der Waals surface area contributed by atoms with Crippen LogP contribution in [0.25, 0.3) is 0 Å². The molecule has 0 spiro atoms. The predicted molar refractivity (Wildman–Crippen MR) is 87.2 cm³/mol. The van der Waals surface area contributed by atoms with Crippen LogP contribution in [-0.4, -0.2) is 23.4 Å². The highest BCUT2D eigenvalue weighted by molar-refractivity contribution is 5.85. The monoisotopic (exact) mass is 326 g/mol. The Hall–Kier alpha value is -1.13. The number of hydrogen-bond acceptors (Lipinski definition) is 2. The Labute approximate surface area is 137 Å². The van der Waals surface area contributed by atoms with Gasteiger partial charge in [-0.2, -0.15) is 0 Å². The minimum absolute atomic E-state index is 0. The molecule has 1 heterocycles. The Bertz CT molecular complexity index is 539. The van der Waals surface area contributed by atoms with Crippen LogP contribution in [0.1, 0.15) is 44.2 Å². The number of amides is 1. The quantitative estimate of drug-likeness (QED) is 0.906. The van der Waals surface area contributed by atoms with E-state index in [4.69, 9.17) is 5.73 Å². The molecule has 0 radical (unpaired) electrons. The van der Waals surface area contributed by atoms with E-state index in [-0.39, 0.29) is 42.1 Å². The van der Waals surface area contributed by atoms with Crippen molar-refractivity contribution in [3.05, 3.63) is 35.6 Å². The normalized spacial score (nSPS) is 31.1. The van der Waals surface area contributed by atoms with Gasteiger partial charge < -0.3 is 10.6 Å². The number of carbonyl (C=O) groups excluding carboxylic acids is 1. The molecule has 2 N–H and O–H groups in total. The summed E-state index contributed by atoms with van der Waals surface area (Å²) in [4.78, 5) is 14.7. The summed E-state index contributed by atoms with van der Waals surface area (Å²) in [7, 11) is 0. The van der Waals surface area contributed by atoms with Gasteiger partial charge in [-0.1, -0.05) is 19.1 Å². The van der Waals surface area contributed by atoms with E-state index in [1.165, 1.54) is 6.07 Å². The Kier molecular flexibility index (Phi) is 5.45. The second-order valence-electron chi connectivity index (χ2n) is 6.57. The third-order valence-electron chi connectivity index (χ3n) is 5.00. The highest BCUT2D eigenvalue weighted by atomic mass is 35.5. The van der Waals surface area contributed by atoms with E-state index in [0.717, 1.165) is 37.8 Å². The van der Waals surface area contributed by atoms with Crippen LogP contribution < -0.4 is 5.73 Å². The van der Waals surface area contributed by atoms with Crippen molar-refractivity contribution in [2.75, 3.05) is 6.54 Å². The summed E-state index contributed by atoms with van der Waals surface area (Å²) < 4.78 is 13.5. The molecule has 1 aromatic rings. The van der Waals surface area contributed by atoms with E-state index in [2.05, 4.69) is 6.92 Å². The van der Waals surface area contributed by atoms with Gasteiger partial charge in [-0.25, -0.2) is 4.39 Å². The summed E-state index contributed by atoms with van der Waals surface area (Å²) >= 11 is 0. The van der Waals surface area contributed by atoms with Crippen LogP contribution in [0.5, 0.6) is 0 Å². The minimum atomic E-state index is -0.234. The number of nitrogens with zero attached hydrogens (tertiary/aromatic N) is 1. The van der Waals surface area contributed by atoms with Gasteiger partial charge in [0, 0.05) is 18.5 Å². The zero-order valence-corrected chi connectivity index (χ0v) is 13.7. The molecule has 2 fully saturated rings. The van der Waals surface area contributed by atoms with Gasteiger partial charge in [0.2, 0.25) is 5.91 Å². The summed E-state index contributed by atoms with van der Waals surface area (Å²) in [6, 6.07) is 6.83. The van der Waals surface area contributed by atoms with Crippen LogP contribution in [-0.2, 0) is 4.79 Å². The van der Waals surface area contributed by atoms with E-state index in [9.17, 15) is 9.18 Å². The largest absolute Gasteiger partial charge is 0.335 e. The van der Waals surface area contributed by atoms with Gasteiger partial charge in [-0.3, -0.25) is 4.79 Å². The third kappa shape index (κ3) is 3.28. The fourth-order valence-corrected chi connectivity index (χ4v) is 3.87. The number of hydrogen-bond donors (Lipinski definition) is 1. The van der Waals surface area contributed by atoms with Crippen LogP contribution in [0.2, 0.25) is 0 Å². The number of benzene rings is 1. The van der Waals surface area contributed by atoms with Crippen molar-refractivity contribution in [2.24, 2.45) is 17.6 Å². The molecule has 0 aromatic heterocycles. The molecule has 0 bridgehead atoms. The number of halogens is 2. The maximum Gasteiger partial charge on any atom is 0.226 e. The Morgan fingerprint density at radius 3 is 2.73 bits per heavy atom. The fraction of sp³-hybridized carbons (Fsp3) is 0.588. The van der Waals surface area contributed by atoms with Crippen LogP contribution in [0.15, 0.2) is 24.3 Å². The first-order valence-electron chi connectivity index (χ1n) is 7.88. The molecule has 22 heavy (non-hydrogen) atoms. The molecule has 1 saturated heterocycles. The van der Waals surface area contributed by atoms with E-state index >= 15 is 0 Å². The summed E-state index contributed by atoms with van der Waals surface area (Å²) in [5, 5.41) is 0. The lowest BCUT2D eigenvalue weighted by atomic mass is 9.94. The van der Waals surface area contributed by atoms with Gasteiger partial charge in [0.05, 0.1) is 6.04 Å². The number of likely N-dealkylation sites (tertiary alicyclic amines) is 1. The molecular weight excluding hydrogens is 303 g/mol. The van der Waals surface area contributed by atoms with Crippen molar-refractivity contribution < 1.29 is 9.18 Å². The molecule has 4 atom stereocenters. The minimum Gasteiger partial charge on any atom is -0.335 e. The lowest BCUT2D eigenvalue weighted by molar-refractivity contribution is -0.136.